The number of carbonyl (C=O) groups is 1. The molecule has 150 valence electrons. The molecule has 1 amide bonds. The minimum Gasteiger partial charge on any atom is -0.497 e. The molecular formula is C21H22N3O4S+. The zero-order valence-electron chi connectivity index (χ0n) is 16.3. The van der Waals surface area contributed by atoms with E-state index in [4.69, 9.17) is 13.9 Å². The summed E-state index contributed by atoms with van der Waals surface area (Å²) in [6, 6.07) is 11.6. The summed E-state index contributed by atoms with van der Waals surface area (Å²) >= 11 is 1.55. The second-order valence-corrected chi connectivity index (χ2v) is 7.93. The van der Waals surface area contributed by atoms with Crippen LogP contribution in [0.25, 0.3) is 0 Å². The fourth-order valence-corrected chi connectivity index (χ4v) is 5.02. The molecule has 0 saturated carbocycles. The number of ether oxygens (including phenoxy) is 2. The minimum absolute atomic E-state index is 0.0121. The second-order valence-electron chi connectivity index (χ2n) is 6.97. The standard InChI is InChI=1S/C21H21N3O4S/c1-26-14-5-6-19(27-2)17(8-14)16-9-20(25)24-12-23(11-15-4-3-7-28-15)13-29-21(24)18(16)10-22/h3-8,16H,9,11-13H2,1-2H3/p+1/t16-/m0/s1. The van der Waals surface area contributed by atoms with Crippen molar-refractivity contribution in [1.29, 1.82) is 5.26 Å². The number of fused-ring (bicyclic) bond motifs is 1. The lowest BCUT2D eigenvalue weighted by Crippen LogP contribution is -3.12. The minimum atomic E-state index is -0.345. The summed E-state index contributed by atoms with van der Waals surface area (Å²) in [5.74, 6) is 2.63. The second kappa shape index (κ2) is 8.23. The maximum absolute atomic E-state index is 13.0. The fraction of sp³-hybridized carbons (Fsp3) is 0.333. The number of quaternary nitrogens is 1. The normalized spacial score (nSPS) is 21.6. The van der Waals surface area contributed by atoms with Gasteiger partial charge in [0.25, 0.3) is 0 Å². The number of nitrogens with zero attached hydrogens (tertiary/aromatic N) is 2. The van der Waals surface area contributed by atoms with Crippen molar-refractivity contribution in [2.75, 3.05) is 26.8 Å². The average Bonchev–Trinajstić information content (AvgIpc) is 3.26. The zero-order chi connectivity index (χ0) is 20.4. The highest BCUT2D eigenvalue weighted by molar-refractivity contribution is 8.02. The molecule has 2 atom stereocenters. The Morgan fingerprint density at radius 1 is 1.34 bits per heavy atom. The van der Waals surface area contributed by atoms with Crippen molar-refractivity contribution in [2.45, 2.75) is 18.9 Å². The van der Waals surface area contributed by atoms with Gasteiger partial charge in [0, 0.05) is 17.9 Å². The summed E-state index contributed by atoms with van der Waals surface area (Å²) in [6.45, 7) is 1.22. The van der Waals surface area contributed by atoms with Crippen LogP contribution in [0.2, 0.25) is 0 Å². The molecular weight excluding hydrogens is 390 g/mol. The van der Waals surface area contributed by atoms with Gasteiger partial charge in [0.1, 0.15) is 28.9 Å². The maximum Gasteiger partial charge on any atom is 0.232 e. The van der Waals surface area contributed by atoms with Crippen LogP contribution in [-0.4, -0.2) is 37.6 Å². The molecule has 1 N–H and O–H groups in total. The monoisotopic (exact) mass is 412 g/mol. The topological polar surface area (TPSA) is 80.1 Å². The predicted molar refractivity (Wildman–Crippen MR) is 107 cm³/mol. The van der Waals surface area contributed by atoms with E-state index in [1.165, 1.54) is 4.90 Å². The number of hydrogen-bond donors (Lipinski definition) is 1. The van der Waals surface area contributed by atoms with Crippen molar-refractivity contribution >= 4 is 17.7 Å². The molecule has 1 unspecified atom stereocenters. The Bertz CT molecular complexity index is 980. The van der Waals surface area contributed by atoms with Gasteiger partial charge in [-0.3, -0.25) is 9.69 Å². The number of nitrogens with one attached hydrogen (secondary N) is 1. The van der Waals surface area contributed by atoms with Crippen LogP contribution in [0.15, 0.2) is 51.6 Å². The van der Waals surface area contributed by atoms with Crippen LogP contribution in [0.3, 0.4) is 0 Å². The third kappa shape index (κ3) is 3.71. The quantitative estimate of drug-likeness (QED) is 0.810. The summed E-state index contributed by atoms with van der Waals surface area (Å²) in [4.78, 5) is 16.0. The van der Waals surface area contributed by atoms with E-state index in [9.17, 15) is 10.1 Å². The van der Waals surface area contributed by atoms with E-state index < -0.39 is 0 Å². The van der Waals surface area contributed by atoms with E-state index in [1.54, 1.807) is 37.1 Å². The van der Waals surface area contributed by atoms with E-state index in [0.29, 0.717) is 30.3 Å². The number of methoxy groups -OCH3 is 2. The molecule has 2 aromatic rings. The lowest BCUT2D eigenvalue weighted by atomic mass is 9.86. The lowest BCUT2D eigenvalue weighted by molar-refractivity contribution is -0.911. The van der Waals surface area contributed by atoms with Crippen LogP contribution in [-0.2, 0) is 11.3 Å². The summed E-state index contributed by atoms with van der Waals surface area (Å²) in [5, 5.41) is 10.7. The number of thioether (sulfide) groups is 1. The molecule has 0 aliphatic carbocycles. The molecule has 0 spiro atoms. The first-order chi connectivity index (χ1) is 14.1. The Kier molecular flexibility index (Phi) is 5.51. The molecule has 1 aromatic carbocycles. The number of nitriles is 1. The highest BCUT2D eigenvalue weighted by Crippen LogP contribution is 2.44. The van der Waals surface area contributed by atoms with Gasteiger partial charge in [0.2, 0.25) is 5.91 Å². The van der Waals surface area contributed by atoms with Gasteiger partial charge in [-0.15, -0.1) is 0 Å². The Hall–Kier alpha value is -2.89. The first kappa shape index (κ1) is 19.4. The maximum atomic E-state index is 13.0. The van der Waals surface area contributed by atoms with Crippen LogP contribution in [0.5, 0.6) is 11.5 Å². The van der Waals surface area contributed by atoms with E-state index in [1.807, 2.05) is 30.3 Å². The van der Waals surface area contributed by atoms with E-state index in [-0.39, 0.29) is 18.2 Å². The molecule has 2 aliphatic rings. The van der Waals surface area contributed by atoms with Gasteiger partial charge >= 0.3 is 0 Å². The molecule has 8 heteroatoms. The van der Waals surface area contributed by atoms with Gasteiger partial charge in [0.15, 0.2) is 12.4 Å². The number of furan rings is 1. The Balaban J connectivity index is 1.66. The van der Waals surface area contributed by atoms with Crippen LogP contribution >= 0.6 is 11.8 Å². The van der Waals surface area contributed by atoms with E-state index in [0.717, 1.165) is 22.2 Å². The largest absolute Gasteiger partial charge is 0.497 e. The van der Waals surface area contributed by atoms with Gasteiger partial charge < -0.3 is 18.8 Å². The molecule has 29 heavy (non-hydrogen) atoms. The van der Waals surface area contributed by atoms with Gasteiger partial charge in [-0.1, -0.05) is 0 Å². The molecule has 1 aromatic heterocycles. The first-order valence-corrected chi connectivity index (χ1v) is 10.3. The average molecular weight is 412 g/mol. The Labute approximate surface area is 173 Å². The SMILES string of the molecule is COc1ccc(OC)c([C@@H]2CC(=O)N3C[NH+](Cc4ccco4)CSC3=C2C#N)c1. The summed E-state index contributed by atoms with van der Waals surface area (Å²) in [5.41, 5.74) is 1.41. The Morgan fingerprint density at radius 2 is 2.21 bits per heavy atom. The van der Waals surface area contributed by atoms with E-state index in [2.05, 4.69) is 6.07 Å². The fourth-order valence-electron chi connectivity index (χ4n) is 3.82. The number of benzene rings is 1. The van der Waals surface area contributed by atoms with Crippen molar-refractivity contribution in [2.24, 2.45) is 0 Å². The van der Waals surface area contributed by atoms with Gasteiger partial charge in [-0.25, -0.2) is 0 Å². The molecule has 2 aliphatic heterocycles. The van der Waals surface area contributed by atoms with Crippen molar-refractivity contribution < 1.29 is 23.6 Å². The van der Waals surface area contributed by atoms with Crippen molar-refractivity contribution in [3.63, 3.8) is 0 Å². The van der Waals surface area contributed by atoms with Crippen LogP contribution in [0.4, 0.5) is 0 Å². The highest BCUT2D eigenvalue weighted by atomic mass is 32.2. The molecule has 4 rings (SSSR count). The molecule has 0 radical (unpaired) electrons. The first-order valence-electron chi connectivity index (χ1n) is 9.30. The van der Waals surface area contributed by atoms with Crippen LogP contribution in [0, 0.1) is 11.3 Å². The number of hydrogen-bond acceptors (Lipinski definition) is 6. The van der Waals surface area contributed by atoms with Gasteiger partial charge in [-0.2, -0.15) is 5.26 Å². The molecule has 3 heterocycles. The number of carbonyl (C=O) groups excluding carboxylic acids is 1. The third-order valence-corrected chi connectivity index (χ3v) is 6.50. The molecule has 7 nitrogen and oxygen atoms in total. The summed E-state index contributed by atoms with van der Waals surface area (Å²) in [7, 11) is 3.18. The highest BCUT2D eigenvalue weighted by Gasteiger charge is 2.41. The van der Waals surface area contributed by atoms with Crippen LogP contribution < -0.4 is 14.4 Å². The number of allylic oxidation sites excluding steroid dienone is 1. The summed E-state index contributed by atoms with van der Waals surface area (Å²) in [6.07, 6.45) is 1.88. The Morgan fingerprint density at radius 3 is 2.90 bits per heavy atom. The number of amides is 1. The van der Waals surface area contributed by atoms with Crippen molar-refractivity contribution in [3.05, 3.63) is 58.5 Å². The van der Waals surface area contributed by atoms with Gasteiger partial charge in [0.05, 0.1) is 32.1 Å². The molecule has 1 saturated heterocycles. The smallest absolute Gasteiger partial charge is 0.232 e. The molecule has 1 fully saturated rings. The van der Waals surface area contributed by atoms with Crippen LogP contribution in [0.1, 0.15) is 23.7 Å². The zero-order valence-corrected chi connectivity index (χ0v) is 17.1. The van der Waals surface area contributed by atoms with E-state index >= 15 is 0 Å². The number of rotatable bonds is 5. The third-order valence-electron chi connectivity index (χ3n) is 5.24. The summed E-state index contributed by atoms with van der Waals surface area (Å²) < 4.78 is 16.3. The lowest BCUT2D eigenvalue weighted by Gasteiger charge is -2.39. The molecule has 0 bridgehead atoms. The van der Waals surface area contributed by atoms with Crippen molar-refractivity contribution in [1.82, 2.24) is 4.90 Å². The predicted octanol–water partition coefficient (Wildman–Crippen LogP) is 2.09. The van der Waals surface area contributed by atoms with Crippen molar-refractivity contribution in [3.8, 4) is 17.6 Å². The van der Waals surface area contributed by atoms with Gasteiger partial charge in [-0.05, 0) is 42.1 Å².